The van der Waals surface area contributed by atoms with E-state index in [2.05, 4.69) is 6.92 Å². The lowest BCUT2D eigenvalue weighted by atomic mass is 10.1. The highest BCUT2D eigenvalue weighted by Gasteiger charge is 2.18. The van der Waals surface area contributed by atoms with Crippen LogP contribution in [0.1, 0.15) is 97.3 Å². The van der Waals surface area contributed by atoms with Gasteiger partial charge in [0.1, 0.15) is 18.8 Å². The zero-order chi connectivity index (χ0) is 26.3. The highest BCUT2D eigenvalue weighted by molar-refractivity contribution is 5.75. The standard InChI is InChI=1S/C26H52N2O7/c1-3-5-6-7-8-9-10-11-12-16-25(32)35-21-23(31)19-28(18-22(30)20-29)17-14-13-15-24(27)26(33)34-4-2/h22-24,29-31H,3-21,27H2,1-2H3. The molecule has 9 heteroatoms. The van der Waals surface area contributed by atoms with Crippen molar-refractivity contribution in [3.63, 3.8) is 0 Å². The highest BCUT2D eigenvalue weighted by Crippen LogP contribution is 2.11. The van der Waals surface area contributed by atoms with Crippen LogP contribution in [0.25, 0.3) is 0 Å². The minimum Gasteiger partial charge on any atom is -0.465 e. The maximum atomic E-state index is 12.0. The Hall–Kier alpha value is -1.26. The van der Waals surface area contributed by atoms with E-state index in [1.165, 1.54) is 38.5 Å². The summed E-state index contributed by atoms with van der Waals surface area (Å²) in [5.41, 5.74) is 5.80. The van der Waals surface area contributed by atoms with E-state index in [1.807, 2.05) is 4.90 Å². The molecule has 0 radical (unpaired) electrons. The predicted molar refractivity (Wildman–Crippen MR) is 137 cm³/mol. The number of nitrogens with zero attached hydrogens (tertiary/aromatic N) is 1. The average molecular weight is 505 g/mol. The first-order valence-electron chi connectivity index (χ1n) is 13.6. The highest BCUT2D eigenvalue weighted by atomic mass is 16.5. The van der Waals surface area contributed by atoms with Crippen molar-refractivity contribution in [1.29, 1.82) is 0 Å². The number of aliphatic hydroxyl groups is 3. The van der Waals surface area contributed by atoms with E-state index in [9.17, 15) is 19.8 Å². The van der Waals surface area contributed by atoms with Crippen LogP contribution in [0, 0.1) is 0 Å². The Balaban J connectivity index is 4.11. The first-order valence-corrected chi connectivity index (χ1v) is 13.6. The number of unbranched alkanes of at least 4 members (excludes halogenated alkanes) is 9. The number of hydrogen-bond donors (Lipinski definition) is 4. The van der Waals surface area contributed by atoms with Gasteiger partial charge in [-0.3, -0.25) is 14.5 Å². The third-order valence-electron chi connectivity index (χ3n) is 5.90. The summed E-state index contributed by atoms with van der Waals surface area (Å²) in [5.74, 6) is -0.721. The molecule has 0 aromatic heterocycles. The van der Waals surface area contributed by atoms with Gasteiger partial charge < -0.3 is 30.5 Å². The summed E-state index contributed by atoms with van der Waals surface area (Å²) in [7, 11) is 0. The lowest BCUT2D eigenvalue weighted by molar-refractivity contribution is -0.147. The lowest BCUT2D eigenvalue weighted by Gasteiger charge is -2.26. The molecule has 3 unspecified atom stereocenters. The maximum Gasteiger partial charge on any atom is 0.322 e. The average Bonchev–Trinajstić information content (AvgIpc) is 2.84. The Morgan fingerprint density at radius 3 is 2.03 bits per heavy atom. The molecule has 0 aliphatic carbocycles. The first kappa shape index (κ1) is 33.7. The molecule has 35 heavy (non-hydrogen) atoms. The molecule has 0 saturated heterocycles. The van der Waals surface area contributed by atoms with Crippen LogP contribution in [0.4, 0.5) is 0 Å². The van der Waals surface area contributed by atoms with Gasteiger partial charge in [-0.1, -0.05) is 64.7 Å². The van der Waals surface area contributed by atoms with E-state index in [0.29, 0.717) is 38.8 Å². The fourth-order valence-electron chi connectivity index (χ4n) is 3.87. The van der Waals surface area contributed by atoms with Crippen molar-refractivity contribution < 1.29 is 34.4 Å². The van der Waals surface area contributed by atoms with Gasteiger partial charge in [0.05, 0.1) is 19.3 Å². The number of esters is 2. The summed E-state index contributed by atoms with van der Waals surface area (Å²) in [6, 6.07) is -0.665. The van der Waals surface area contributed by atoms with Gasteiger partial charge in [-0.25, -0.2) is 0 Å². The number of carbonyl (C=O) groups excluding carboxylic acids is 2. The van der Waals surface area contributed by atoms with Gasteiger partial charge in [0, 0.05) is 19.5 Å². The van der Waals surface area contributed by atoms with Gasteiger partial charge in [0.15, 0.2) is 0 Å². The summed E-state index contributed by atoms with van der Waals surface area (Å²) in [6.45, 7) is 4.68. The van der Waals surface area contributed by atoms with Crippen molar-refractivity contribution >= 4 is 11.9 Å². The Labute approximate surface area is 212 Å². The molecule has 0 rings (SSSR count). The predicted octanol–water partition coefficient (Wildman–Crippen LogP) is 2.53. The SMILES string of the molecule is CCCCCCCCCCCC(=O)OCC(O)CN(CCCCC(N)C(=O)OCC)CC(O)CO. The summed E-state index contributed by atoms with van der Waals surface area (Å²) in [5, 5.41) is 29.3. The molecule has 208 valence electrons. The van der Waals surface area contributed by atoms with Gasteiger partial charge in [0.25, 0.3) is 0 Å². The summed E-state index contributed by atoms with van der Waals surface area (Å²) in [6.07, 6.45) is 11.0. The topological polar surface area (TPSA) is 143 Å². The Morgan fingerprint density at radius 1 is 0.829 bits per heavy atom. The van der Waals surface area contributed by atoms with E-state index >= 15 is 0 Å². The fraction of sp³-hybridized carbons (Fsp3) is 0.923. The largest absolute Gasteiger partial charge is 0.465 e. The minimum atomic E-state index is -0.932. The molecule has 5 N–H and O–H groups in total. The van der Waals surface area contributed by atoms with Crippen molar-refractivity contribution in [2.24, 2.45) is 5.73 Å². The molecular formula is C26H52N2O7. The smallest absolute Gasteiger partial charge is 0.322 e. The molecular weight excluding hydrogens is 452 g/mol. The molecule has 0 spiro atoms. The third-order valence-corrected chi connectivity index (χ3v) is 5.90. The summed E-state index contributed by atoms with van der Waals surface area (Å²) in [4.78, 5) is 25.4. The number of hydrogen-bond acceptors (Lipinski definition) is 9. The molecule has 0 aliphatic heterocycles. The van der Waals surface area contributed by atoms with Crippen LogP contribution in [0.3, 0.4) is 0 Å². The van der Waals surface area contributed by atoms with Crippen molar-refractivity contribution in [1.82, 2.24) is 4.90 Å². The maximum absolute atomic E-state index is 12.0. The molecule has 0 aromatic rings. The van der Waals surface area contributed by atoms with E-state index < -0.39 is 24.2 Å². The van der Waals surface area contributed by atoms with E-state index in [0.717, 1.165) is 19.3 Å². The van der Waals surface area contributed by atoms with Crippen LogP contribution in [0.15, 0.2) is 0 Å². The lowest BCUT2D eigenvalue weighted by Crippen LogP contribution is -2.41. The van der Waals surface area contributed by atoms with Gasteiger partial charge >= 0.3 is 11.9 Å². The summed E-state index contributed by atoms with van der Waals surface area (Å²) < 4.78 is 10.1. The number of rotatable bonds is 24. The second kappa shape index (κ2) is 23.2. The van der Waals surface area contributed by atoms with E-state index in [4.69, 9.17) is 20.3 Å². The van der Waals surface area contributed by atoms with E-state index in [-0.39, 0.29) is 32.3 Å². The monoisotopic (exact) mass is 504 g/mol. The van der Waals surface area contributed by atoms with Crippen molar-refractivity contribution in [3.05, 3.63) is 0 Å². The second-order valence-electron chi connectivity index (χ2n) is 9.37. The quantitative estimate of drug-likeness (QED) is 0.115. The van der Waals surface area contributed by atoms with Crippen LogP contribution in [-0.4, -0.2) is 89.9 Å². The van der Waals surface area contributed by atoms with Crippen molar-refractivity contribution in [3.8, 4) is 0 Å². The molecule has 0 saturated carbocycles. The zero-order valence-corrected chi connectivity index (χ0v) is 22.2. The zero-order valence-electron chi connectivity index (χ0n) is 22.2. The normalized spacial score (nSPS) is 14.0. The first-order chi connectivity index (χ1) is 16.8. The van der Waals surface area contributed by atoms with Gasteiger partial charge in [0.2, 0.25) is 0 Å². The molecule has 0 aliphatic rings. The molecule has 0 aromatic carbocycles. The number of aliphatic hydroxyl groups excluding tert-OH is 3. The van der Waals surface area contributed by atoms with Crippen LogP contribution >= 0.6 is 0 Å². The molecule has 0 heterocycles. The molecule has 3 atom stereocenters. The van der Waals surface area contributed by atoms with Crippen LogP contribution in [-0.2, 0) is 19.1 Å². The number of carbonyl (C=O) groups is 2. The molecule has 0 amide bonds. The van der Waals surface area contributed by atoms with Gasteiger partial charge in [-0.15, -0.1) is 0 Å². The van der Waals surface area contributed by atoms with Gasteiger partial charge in [-0.2, -0.15) is 0 Å². The Morgan fingerprint density at radius 2 is 1.43 bits per heavy atom. The second-order valence-corrected chi connectivity index (χ2v) is 9.37. The number of nitrogens with two attached hydrogens (primary N) is 1. The van der Waals surface area contributed by atoms with Gasteiger partial charge in [-0.05, 0) is 32.7 Å². The van der Waals surface area contributed by atoms with Crippen molar-refractivity contribution in [2.75, 3.05) is 39.5 Å². The van der Waals surface area contributed by atoms with Crippen molar-refractivity contribution in [2.45, 2.75) is 116 Å². The molecule has 0 bridgehead atoms. The Bertz CT molecular complexity index is 522. The molecule has 0 fully saturated rings. The Kier molecular flexibility index (Phi) is 22.3. The van der Waals surface area contributed by atoms with Crippen LogP contribution in [0.5, 0.6) is 0 Å². The summed E-state index contributed by atoms with van der Waals surface area (Å²) >= 11 is 0. The van der Waals surface area contributed by atoms with Crippen LogP contribution in [0.2, 0.25) is 0 Å². The fourth-order valence-corrected chi connectivity index (χ4v) is 3.87. The molecule has 9 nitrogen and oxygen atoms in total. The minimum absolute atomic E-state index is 0.101. The van der Waals surface area contributed by atoms with Crippen LogP contribution < -0.4 is 5.73 Å². The van der Waals surface area contributed by atoms with E-state index in [1.54, 1.807) is 6.92 Å². The third kappa shape index (κ3) is 20.6. The number of ether oxygens (including phenoxy) is 2.